The molecule has 0 bridgehead atoms. The largest absolute Gasteiger partial charge is 0.379 e. The maximum atomic E-state index is 12.7. The molecule has 6 nitrogen and oxygen atoms in total. The summed E-state index contributed by atoms with van der Waals surface area (Å²) in [5.74, 6) is -0.188. The Kier molecular flexibility index (Phi) is 7.42. The van der Waals surface area contributed by atoms with E-state index in [-0.39, 0.29) is 16.8 Å². The molecule has 7 heteroatoms. The third-order valence-electron chi connectivity index (χ3n) is 5.12. The van der Waals surface area contributed by atoms with Gasteiger partial charge in [-0.3, -0.25) is 4.79 Å². The van der Waals surface area contributed by atoms with Gasteiger partial charge >= 0.3 is 0 Å². The van der Waals surface area contributed by atoms with Crippen LogP contribution in [0.25, 0.3) is 6.08 Å². The van der Waals surface area contributed by atoms with E-state index in [9.17, 15) is 13.2 Å². The number of benzene rings is 2. The standard InChI is InChI=1S/C23H28N2O4S/c1-3-22(20-9-4-18(2)5-10-20)24-23(26)13-8-19-6-11-21(12-7-19)30(27,28)25-14-16-29-17-15-25/h4-13,22H,3,14-17H2,1-2H3,(H,24,26)/b13-8+. The highest BCUT2D eigenvalue weighted by Gasteiger charge is 2.25. The molecule has 30 heavy (non-hydrogen) atoms. The monoisotopic (exact) mass is 428 g/mol. The van der Waals surface area contributed by atoms with Crippen LogP contribution in [0.4, 0.5) is 0 Å². The van der Waals surface area contributed by atoms with Crippen LogP contribution in [-0.4, -0.2) is 44.9 Å². The van der Waals surface area contributed by atoms with Crippen molar-refractivity contribution in [3.8, 4) is 0 Å². The second-order valence-corrected chi connectivity index (χ2v) is 9.24. The molecule has 1 N–H and O–H groups in total. The first-order chi connectivity index (χ1) is 14.4. The van der Waals surface area contributed by atoms with Crippen LogP contribution in [0.5, 0.6) is 0 Å². The Morgan fingerprint density at radius 1 is 1.10 bits per heavy atom. The number of hydrogen-bond donors (Lipinski definition) is 1. The summed E-state index contributed by atoms with van der Waals surface area (Å²) in [5.41, 5.74) is 3.01. The second kappa shape index (κ2) is 10.0. The third-order valence-corrected chi connectivity index (χ3v) is 7.03. The molecule has 2 aromatic carbocycles. The summed E-state index contributed by atoms with van der Waals surface area (Å²) in [4.78, 5) is 12.6. The number of nitrogens with one attached hydrogen (secondary N) is 1. The van der Waals surface area contributed by atoms with Crippen molar-refractivity contribution in [1.29, 1.82) is 0 Å². The highest BCUT2D eigenvalue weighted by Crippen LogP contribution is 2.19. The van der Waals surface area contributed by atoms with E-state index in [1.807, 2.05) is 38.1 Å². The smallest absolute Gasteiger partial charge is 0.244 e. The molecule has 2 aromatic rings. The lowest BCUT2D eigenvalue weighted by atomic mass is 10.0. The molecule has 0 spiro atoms. The number of sulfonamides is 1. The van der Waals surface area contributed by atoms with Crippen LogP contribution in [0.15, 0.2) is 59.5 Å². The lowest BCUT2D eigenvalue weighted by molar-refractivity contribution is -0.117. The Balaban J connectivity index is 1.62. The molecule has 1 heterocycles. The summed E-state index contributed by atoms with van der Waals surface area (Å²) >= 11 is 0. The lowest BCUT2D eigenvalue weighted by Gasteiger charge is -2.26. The second-order valence-electron chi connectivity index (χ2n) is 7.30. The molecular formula is C23H28N2O4S. The number of ether oxygens (including phenoxy) is 1. The summed E-state index contributed by atoms with van der Waals surface area (Å²) in [5, 5.41) is 3.01. The van der Waals surface area contributed by atoms with Crippen LogP contribution < -0.4 is 5.32 Å². The van der Waals surface area contributed by atoms with E-state index in [2.05, 4.69) is 5.32 Å². The van der Waals surface area contributed by atoms with Crippen molar-refractivity contribution in [2.45, 2.75) is 31.2 Å². The number of morpholine rings is 1. The minimum Gasteiger partial charge on any atom is -0.379 e. The molecule has 1 unspecified atom stereocenters. The molecule has 1 amide bonds. The summed E-state index contributed by atoms with van der Waals surface area (Å²) in [6.45, 7) is 5.62. The average molecular weight is 429 g/mol. The van der Waals surface area contributed by atoms with Crippen LogP contribution in [0, 0.1) is 6.92 Å². The molecule has 0 radical (unpaired) electrons. The van der Waals surface area contributed by atoms with E-state index in [1.54, 1.807) is 30.3 Å². The minimum atomic E-state index is -3.51. The van der Waals surface area contributed by atoms with Crippen molar-refractivity contribution in [3.05, 3.63) is 71.3 Å². The summed E-state index contributed by atoms with van der Waals surface area (Å²) < 4.78 is 32.0. The van der Waals surface area contributed by atoms with Crippen molar-refractivity contribution >= 4 is 22.0 Å². The van der Waals surface area contributed by atoms with E-state index in [4.69, 9.17) is 4.74 Å². The first kappa shape index (κ1) is 22.2. The quantitative estimate of drug-likeness (QED) is 0.687. The number of rotatable bonds is 7. The van der Waals surface area contributed by atoms with E-state index in [0.717, 1.165) is 17.5 Å². The fraction of sp³-hybridized carbons (Fsp3) is 0.348. The predicted molar refractivity (Wildman–Crippen MR) is 117 cm³/mol. The molecule has 1 aliphatic rings. The number of nitrogens with zero attached hydrogens (tertiary/aromatic N) is 1. The van der Waals surface area contributed by atoms with Gasteiger partial charge in [0.05, 0.1) is 24.2 Å². The van der Waals surface area contributed by atoms with Gasteiger partial charge in [-0.2, -0.15) is 4.31 Å². The number of carbonyl (C=O) groups is 1. The first-order valence-electron chi connectivity index (χ1n) is 10.1. The van der Waals surface area contributed by atoms with E-state index in [1.165, 1.54) is 15.9 Å². The predicted octanol–water partition coefficient (Wildman–Crippen LogP) is 3.30. The summed E-state index contributed by atoms with van der Waals surface area (Å²) in [6, 6.07) is 14.6. The molecule has 0 aromatic heterocycles. The fourth-order valence-electron chi connectivity index (χ4n) is 3.30. The van der Waals surface area contributed by atoms with Gasteiger partial charge in [-0.05, 0) is 42.7 Å². The zero-order valence-corrected chi connectivity index (χ0v) is 18.2. The highest BCUT2D eigenvalue weighted by atomic mass is 32.2. The van der Waals surface area contributed by atoms with Gasteiger partial charge in [0, 0.05) is 19.2 Å². The zero-order chi connectivity index (χ0) is 21.6. The van der Waals surface area contributed by atoms with Gasteiger partial charge in [0.25, 0.3) is 0 Å². The number of aryl methyl sites for hydroxylation is 1. The molecule has 1 fully saturated rings. The average Bonchev–Trinajstić information content (AvgIpc) is 2.77. The normalized spacial score (nSPS) is 16.5. The van der Waals surface area contributed by atoms with E-state index in [0.29, 0.717) is 26.3 Å². The van der Waals surface area contributed by atoms with Crippen molar-refractivity contribution in [1.82, 2.24) is 9.62 Å². The molecular weight excluding hydrogens is 400 g/mol. The maximum absolute atomic E-state index is 12.7. The Labute approximate surface area is 178 Å². The van der Waals surface area contributed by atoms with Gasteiger partial charge in [0.2, 0.25) is 15.9 Å². The minimum absolute atomic E-state index is 0.0520. The van der Waals surface area contributed by atoms with Gasteiger partial charge < -0.3 is 10.1 Å². The topological polar surface area (TPSA) is 75.7 Å². The Morgan fingerprint density at radius 3 is 2.33 bits per heavy atom. The van der Waals surface area contributed by atoms with Crippen molar-refractivity contribution < 1.29 is 17.9 Å². The molecule has 0 saturated carbocycles. The third kappa shape index (κ3) is 5.56. The zero-order valence-electron chi connectivity index (χ0n) is 17.4. The van der Waals surface area contributed by atoms with Crippen molar-refractivity contribution in [2.75, 3.05) is 26.3 Å². The summed E-state index contributed by atoms with van der Waals surface area (Å²) in [6.07, 6.45) is 3.95. The molecule has 3 rings (SSSR count). The van der Waals surface area contributed by atoms with Gasteiger partial charge in [-0.25, -0.2) is 8.42 Å². The molecule has 1 atom stereocenters. The molecule has 0 aliphatic carbocycles. The van der Waals surface area contributed by atoms with Gasteiger partial charge in [-0.15, -0.1) is 0 Å². The number of carbonyl (C=O) groups excluding carboxylic acids is 1. The van der Waals surface area contributed by atoms with Crippen LogP contribution >= 0.6 is 0 Å². The van der Waals surface area contributed by atoms with E-state index >= 15 is 0 Å². The van der Waals surface area contributed by atoms with Gasteiger partial charge in [0.15, 0.2) is 0 Å². The van der Waals surface area contributed by atoms with Gasteiger partial charge in [0.1, 0.15) is 0 Å². The Bertz CT molecular complexity index is 977. The first-order valence-corrected chi connectivity index (χ1v) is 11.6. The number of hydrogen-bond acceptors (Lipinski definition) is 4. The van der Waals surface area contributed by atoms with Crippen molar-refractivity contribution in [3.63, 3.8) is 0 Å². The molecule has 160 valence electrons. The lowest BCUT2D eigenvalue weighted by Crippen LogP contribution is -2.40. The van der Waals surface area contributed by atoms with Crippen molar-refractivity contribution in [2.24, 2.45) is 0 Å². The highest BCUT2D eigenvalue weighted by molar-refractivity contribution is 7.89. The van der Waals surface area contributed by atoms with Crippen LogP contribution in [0.1, 0.15) is 36.1 Å². The Morgan fingerprint density at radius 2 is 1.73 bits per heavy atom. The van der Waals surface area contributed by atoms with Crippen LogP contribution in [-0.2, 0) is 19.6 Å². The van der Waals surface area contributed by atoms with Crippen LogP contribution in [0.3, 0.4) is 0 Å². The van der Waals surface area contributed by atoms with E-state index < -0.39 is 10.0 Å². The summed E-state index contributed by atoms with van der Waals surface area (Å²) in [7, 11) is -3.51. The van der Waals surface area contributed by atoms with Crippen LogP contribution in [0.2, 0.25) is 0 Å². The SMILES string of the molecule is CCC(NC(=O)/C=C/c1ccc(S(=O)(=O)N2CCOCC2)cc1)c1ccc(C)cc1. The fourth-order valence-corrected chi connectivity index (χ4v) is 4.71. The molecule has 1 aliphatic heterocycles. The van der Waals surface area contributed by atoms with Gasteiger partial charge in [-0.1, -0.05) is 48.9 Å². The Hall–Kier alpha value is -2.48. The number of amides is 1. The maximum Gasteiger partial charge on any atom is 0.244 e. The molecule has 1 saturated heterocycles.